The van der Waals surface area contributed by atoms with Gasteiger partial charge in [0.1, 0.15) is 0 Å². The van der Waals surface area contributed by atoms with E-state index in [4.69, 9.17) is 0 Å². The minimum atomic E-state index is 0.626. The first kappa shape index (κ1) is 15.0. The van der Waals surface area contributed by atoms with E-state index in [1.165, 1.54) is 77.8 Å². The van der Waals surface area contributed by atoms with Gasteiger partial charge in [0.05, 0.1) is 6.67 Å². The third-order valence-corrected chi connectivity index (χ3v) is 9.04. The van der Waals surface area contributed by atoms with E-state index in [1.54, 1.807) is 19.3 Å². The minimum Gasteiger partial charge on any atom is -0.299 e. The number of nitrogens with zero attached hydrogens (tertiary/aromatic N) is 3. The number of hydrogen-bond donors (Lipinski definition) is 0. The summed E-state index contributed by atoms with van der Waals surface area (Å²) in [5.74, 6) is 2.06. The molecule has 6 fully saturated rings. The summed E-state index contributed by atoms with van der Waals surface area (Å²) in [5.41, 5.74) is 0.626. The maximum absolute atomic E-state index is 3.00. The molecule has 1 saturated carbocycles. The zero-order chi connectivity index (χ0) is 15.7. The second-order valence-corrected chi connectivity index (χ2v) is 10.1. The Morgan fingerprint density at radius 2 is 1.54 bits per heavy atom. The van der Waals surface area contributed by atoms with Crippen LogP contribution in [0.15, 0.2) is 0 Å². The maximum Gasteiger partial charge on any atom is 0.0512 e. The second-order valence-electron chi connectivity index (χ2n) is 10.1. The van der Waals surface area contributed by atoms with Gasteiger partial charge in [0, 0.05) is 30.1 Å². The summed E-state index contributed by atoms with van der Waals surface area (Å²) >= 11 is 0. The Hall–Kier alpha value is -0.120. The van der Waals surface area contributed by atoms with Crippen molar-refractivity contribution in [3.05, 3.63) is 0 Å². The van der Waals surface area contributed by atoms with Crippen LogP contribution in [-0.4, -0.2) is 65.7 Å². The normalized spacial score (nSPS) is 52.2. The molecule has 6 rings (SSSR count). The lowest BCUT2D eigenvalue weighted by Crippen LogP contribution is -2.77. The highest BCUT2D eigenvalue weighted by atomic mass is 15.4. The van der Waals surface area contributed by atoms with Crippen molar-refractivity contribution >= 4 is 0 Å². The Morgan fingerprint density at radius 3 is 2.50 bits per heavy atom. The predicted molar refractivity (Wildman–Crippen MR) is 96.8 cm³/mol. The summed E-state index contributed by atoms with van der Waals surface area (Å²) in [6.07, 6.45) is 15.1. The van der Waals surface area contributed by atoms with Gasteiger partial charge in [0.2, 0.25) is 0 Å². The number of hydrogen-bond acceptors (Lipinski definition) is 3. The monoisotopic (exact) mass is 329 g/mol. The zero-order valence-corrected chi connectivity index (χ0v) is 15.3. The lowest BCUT2D eigenvalue weighted by molar-refractivity contribution is -0.215. The van der Waals surface area contributed by atoms with Crippen LogP contribution in [0.3, 0.4) is 0 Å². The van der Waals surface area contributed by atoms with Crippen molar-refractivity contribution in [1.29, 1.82) is 0 Å². The van der Waals surface area contributed by atoms with Crippen molar-refractivity contribution in [2.45, 2.75) is 82.3 Å². The molecule has 3 heteroatoms. The van der Waals surface area contributed by atoms with Crippen LogP contribution in [0, 0.1) is 17.3 Å². The number of piperidine rings is 4. The van der Waals surface area contributed by atoms with E-state index < -0.39 is 0 Å². The molecule has 0 aromatic rings. The summed E-state index contributed by atoms with van der Waals surface area (Å²) in [6, 6.07) is 2.81. The van der Waals surface area contributed by atoms with E-state index in [0.29, 0.717) is 5.41 Å². The molecule has 6 aliphatic rings. The van der Waals surface area contributed by atoms with E-state index in [2.05, 4.69) is 14.7 Å². The van der Waals surface area contributed by atoms with Crippen LogP contribution in [-0.2, 0) is 0 Å². The molecule has 24 heavy (non-hydrogen) atoms. The van der Waals surface area contributed by atoms with Gasteiger partial charge in [-0.05, 0) is 82.8 Å². The van der Waals surface area contributed by atoms with E-state index in [-0.39, 0.29) is 0 Å². The van der Waals surface area contributed by atoms with E-state index >= 15 is 0 Å². The van der Waals surface area contributed by atoms with Gasteiger partial charge in [-0.25, -0.2) is 0 Å². The Balaban J connectivity index is 1.43. The predicted octanol–water partition coefficient (Wildman–Crippen LogP) is 3.16. The summed E-state index contributed by atoms with van der Waals surface area (Å²) in [5, 5.41) is 0. The molecule has 0 amide bonds. The average Bonchev–Trinajstić information content (AvgIpc) is 2.62. The molecule has 0 radical (unpaired) electrons. The standard InChI is InChI=1S/C21H35N3/c1-3-9-22-14-21-13-17(18(22)7-1)12-16-6-5-11-24(20(16)21)15-23-10-4-2-8-19(21)23/h16-20H,1-15H2/t16-,17+,18+,19-,20+,21-/m1/s1. The first-order valence-corrected chi connectivity index (χ1v) is 11.1. The lowest BCUT2D eigenvalue weighted by atomic mass is 9.51. The summed E-state index contributed by atoms with van der Waals surface area (Å²) in [7, 11) is 0. The highest BCUT2D eigenvalue weighted by Gasteiger charge is 2.63. The van der Waals surface area contributed by atoms with Crippen molar-refractivity contribution in [2.75, 3.05) is 32.8 Å². The van der Waals surface area contributed by atoms with Crippen LogP contribution in [0.1, 0.15) is 64.2 Å². The molecule has 0 unspecified atom stereocenters. The van der Waals surface area contributed by atoms with E-state index in [9.17, 15) is 0 Å². The molecule has 5 aliphatic heterocycles. The van der Waals surface area contributed by atoms with Crippen molar-refractivity contribution in [1.82, 2.24) is 14.7 Å². The molecule has 5 heterocycles. The summed E-state index contributed by atoms with van der Waals surface area (Å²) in [4.78, 5) is 8.91. The molecule has 2 bridgehead atoms. The van der Waals surface area contributed by atoms with Crippen LogP contribution in [0.5, 0.6) is 0 Å². The summed E-state index contributed by atoms with van der Waals surface area (Å²) < 4.78 is 0. The third-order valence-electron chi connectivity index (χ3n) is 9.04. The third kappa shape index (κ3) is 1.95. The lowest BCUT2D eigenvalue weighted by Gasteiger charge is -2.70. The van der Waals surface area contributed by atoms with Gasteiger partial charge in [0.25, 0.3) is 0 Å². The molecule has 134 valence electrons. The number of fused-ring (bicyclic) bond motifs is 4. The largest absolute Gasteiger partial charge is 0.299 e. The fraction of sp³-hybridized carbons (Fsp3) is 1.00. The molecular formula is C21H35N3. The van der Waals surface area contributed by atoms with Gasteiger partial charge in [-0.3, -0.25) is 14.7 Å². The molecule has 1 aliphatic carbocycles. The van der Waals surface area contributed by atoms with Crippen LogP contribution in [0.25, 0.3) is 0 Å². The SMILES string of the molecule is C1CCN2C[C@]34C[C@H](C[C@H]5CCCN(CN6CCCC[C@@H]63)[C@@H]54)[C@@H]2C1. The molecule has 1 spiro atoms. The minimum absolute atomic E-state index is 0.626. The Labute approximate surface area is 147 Å². The highest BCUT2D eigenvalue weighted by molar-refractivity contribution is 5.16. The van der Waals surface area contributed by atoms with Crippen molar-refractivity contribution in [2.24, 2.45) is 17.3 Å². The topological polar surface area (TPSA) is 9.72 Å². The van der Waals surface area contributed by atoms with Gasteiger partial charge in [0.15, 0.2) is 0 Å². The van der Waals surface area contributed by atoms with Crippen molar-refractivity contribution in [3.63, 3.8) is 0 Å². The molecule has 0 N–H and O–H groups in total. The first-order valence-electron chi connectivity index (χ1n) is 11.1. The van der Waals surface area contributed by atoms with Gasteiger partial charge in [-0.2, -0.15) is 0 Å². The van der Waals surface area contributed by atoms with Gasteiger partial charge in [-0.15, -0.1) is 0 Å². The maximum atomic E-state index is 3.00. The quantitative estimate of drug-likeness (QED) is 0.676. The molecule has 5 saturated heterocycles. The highest BCUT2D eigenvalue weighted by Crippen LogP contribution is 2.59. The Morgan fingerprint density at radius 1 is 0.708 bits per heavy atom. The summed E-state index contributed by atoms with van der Waals surface area (Å²) in [6.45, 7) is 6.94. The number of rotatable bonds is 0. The average molecular weight is 330 g/mol. The van der Waals surface area contributed by atoms with Crippen molar-refractivity contribution < 1.29 is 0 Å². The van der Waals surface area contributed by atoms with Crippen molar-refractivity contribution in [3.8, 4) is 0 Å². The second kappa shape index (κ2) is 5.44. The molecule has 0 aromatic carbocycles. The molecular weight excluding hydrogens is 294 g/mol. The van der Waals surface area contributed by atoms with E-state index in [1.807, 2.05) is 0 Å². The molecule has 6 atom stereocenters. The van der Waals surface area contributed by atoms with Crippen LogP contribution < -0.4 is 0 Å². The van der Waals surface area contributed by atoms with Crippen LogP contribution in [0.2, 0.25) is 0 Å². The Kier molecular flexibility index (Phi) is 3.40. The van der Waals surface area contributed by atoms with Crippen LogP contribution >= 0.6 is 0 Å². The van der Waals surface area contributed by atoms with Gasteiger partial charge < -0.3 is 0 Å². The smallest absolute Gasteiger partial charge is 0.0512 e. The van der Waals surface area contributed by atoms with Gasteiger partial charge >= 0.3 is 0 Å². The van der Waals surface area contributed by atoms with Gasteiger partial charge in [-0.1, -0.05) is 12.8 Å². The molecule has 0 aromatic heterocycles. The fourth-order valence-corrected chi connectivity index (χ4v) is 8.53. The first-order chi connectivity index (χ1) is 11.9. The zero-order valence-electron chi connectivity index (χ0n) is 15.3. The Bertz CT molecular complexity index is 507. The van der Waals surface area contributed by atoms with Crippen LogP contribution in [0.4, 0.5) is 0 Å². The molecule has 3 nitrogen and oxygen atoms in total. The fourth-order valence-electron chi connectivity index (χ4n) is 8.53. The van der Waals surface area contributed by atoms with E-state index in [0.717, 1.165) is 30.0 Å².